The van der Waals surface area contributed by atoms with Crippen molar-refractivity contribution in [1.29, 1.82) is 0 Å². The second-order valence-electron chi connectivity index (χ2n) is 4.65. The van der Waals surface area contributed by atoms with Crippen molar-refractivity contribution in [1.82, 2.24) is 9.88 Å². The van der Waals surface area contributed by atoms with E-state index in [-0.39, 0.29) is 31.5 Å². The van der Waals surface area contributed by atoms with Crippen LogP contribution >= 0.6 is 0 Å². The molecule has 9 heteroatoms. The molecular formula is C13H17N3O6. The summed E-state index contributed by atoms with van der Waals surface area (Å²) in [5, 5.41) is 21.8. The summed E-state index contributed by atoms with van der Waals surface area (Å²) >= 11 is 0. The lowest BCUT2D eigenvalue weighted by molar-refractivity contribution is -0.385. The third-order valence-corrected chi connectivity index (χ3v) is 3.02. The smallest absolute Gasteiger partial charge is 0.326 e. The minimum absolute atomic E-state index is 0.0267. The first-order chi connectivity index (χ1) is 10.3. The van der Waals surface area contributed by atoms with Gasteiger partial charge in [0.1, 0.15) is 6.04 Å². The Kier molecular flexibility index (Phi) is 6.24. The van der Waals surface area contributed by atoms with E-state index in [1.807, 2.05) is 0 Å². The minimum Gasteiger partial charge on any atom is -0.480 e. The number of hydrogen-bond acceptors (Lipinski definition) is 5. The van der Waals surface area contributed by atoms with E-state index in [1.165, 1.54) is 0 Å². The standard InChI is InChI=1S/C13H17N3O6/c1-2-10(13(19)20)14-11(17)4-3-7-15-8-9(16(21)22)5-6-12(15)18/h5-6,8,10H,2-4,7H2,1H3,(H,14,17)(H,19,20). The van der Waals surface area contributed by atoms with Gasteiger partial charge in [-0.3, -0.25) is 19.7 Å². The molecule has 0 bridgehead atoms. The van der Waals surface area contributed by atoms with Gasteiger partial charge in [-0.1, -0.05) is 6.92 Å². The Morgan fingerprint density at radius 2 is 2.14 bits per heavy atom. The quantitative estimate of drug-likeness (QED) is 0.531. The van der Waals surface area contributed by atoms with Crippen LogP contribution in [-0.2, 0) is 16.1 Å². The fourth-order valence-corrected chi connectivity index (χ4v) is 1.82. The summed E-state index contributed by atoms with van der Waals surface area (Å²) in [6, 6.07) is 1.27. The normalized spacial score (nSPS) is 11.7. The summed E-state index contributed by atoms with van der Waals surface area (Å²) < 4.78 is 1.15. The lowest BCUT2D eigenvalue weighted by atomic mass is 10.2. The van der Waals surface area contributed by atoms with E-state index in [4.69, 9.17) is 5.11 Å². The van der Waals surface area contributed by atoms with E-state index in [0.717, 1.165) is 22.9 Å². The maximum atomic E-state index is 11.6. The second kappa shape index (κ2) is 7.91. The molecular weight excluding hydrogens is 294 g/mol. The molecule has 1 aromatic rings. The van der Waals surface area contributed by atoms with Crippen molar-refractivity contribution in [2.24, 2.45) is 0 Å². The van der Waals surface area contributed by atoms with Crippen LogP contribution in [0.4, 0.5) is 5.69 Å². The molecule has 1 unspecified atom stereocenters. The second-order valence-corrected chi connectivity index (χ2v) is 4.65. The van der Waals surface area contributed by atoms with Gasteiger partial charge in [-0.25, -0.2) is 4.79 Å². The predicted molar refractivity (Wildman–Crippen MR) is 76.4 cm³/mol. The fraction of sp³-hybridized carbons (Fsp3) is 0.462. The lowest BCUT2D eigenvalue weighted by Gasteiger charge is -2.12. The zero-order valence-corrected chi connectivity index (χ0v) is 12.0. The molecule has 0 aliphatic rings. The van der Waals surface area contributed by atoms with Crippen LogP contribution in [0.25, 0.3) is 0 Å². The van der Waals surface area contributed by atoms with Crippen molar-refractivity contribution < 1.29 is 19.6 Å². The number of nitrogens with zero attached hydrogens (tertiary/aromatic N) is 2. The number of carboxylic acid groups (broad SMARTS) is 1. The molecule has 0 aliphatic carbocycles. The molecule has 0 aliphatic heterocycles. The van der Waals surface area contributed by atoms with E-state index in [9.17, 15) is 24.5 Å². The first kappa shape index (κ1) is 17.3. The van der Waals surface area contributed by atoms with Gasteiger partial charge in [-0.05, 0) is 12.8 Å². The SMILES string of the molecule is CCC(NC(=O)CCCn1cc([N+](=O)[O-])ccc1=O)C(=O)O. The molecule has 22 heavy (non-hydrogen) atoms. The third-order valence-electron chi connectivity index (χ3n) is 3.02. The Hall–Kier alpha value is -2.71. The number of aryl methyl sites for hydroxylation is 1. The number of aliphatic carboxylic acids is 1. The Bertz CT molecular complexity index is 624. The van der Waals surface area contributed by atoms with Gasteiger partial charge in [0.25, 0.3) is 11.2 Å². The monoisotopic (exact) mass is 311 g/mol. The highest BCUT2D eigenvalue weighted by Gasteiger charge is 2.17. The number of nitrogens with one attached hydrogen (secondary N) is 1. The van der Waals surface area contributed by atoms with Gasteiger partial charge in [0, 0.05) is 25.1 Å². The van der Waals surface area contributed by atoms with E-state index in [2.05, 4.69) is 5.32 Å². The Morgan fingerprint density at radius 1 is 1.45 bits per heavy atom. The third kappa shape index (κ3) is 5.00. The molecule has 120 valence electrons. The Morgan fingerprint density at radius 3 is 2.68 bits per heavy atom. The number of amides is 1. The topological polar surface area (TPSA) is 132 Å². The van der Waals surface area contributed by atoms with Crippen molar-refractivity contribution in [2.75, 3.05) is 0 Å². The van der Waals surface area contributed by atoms with Crippen molar-refractivity contribution >= 4 is 17.6 Å². The Labute approximate surface area is 125 Å². The predicted octanol–water partition coefficient (Wildman–Crippen LogP) is 0.516. The number of aromatic nitrogens is 1. The van der Waals surface area contributed by atoms with E-state index in [0.29, 0.717) is 0 Å². The molecule has 0 saturated carbocycles. The first-order valence-corrected chi connectivity index (χ1v) is 6.72. The van der Waals surface area contributed by atoms with Crippen molar-refractivity contribution in [3.05, 3.63) is 38.8 Å². The summed E-state index contributed by atoms with van der Waals surface area (Å²) in [6.45, 7) is 1.78. The van der Waals surface area contributed by atoms with Crippen molar-refractivity contribution in [3.63, 3.8) is 0 Å². The van der Waals surface area contributed by atoms with E-state index in [1.54, 1.807) is 6.92 Å². The van der Waals surface area contributed by atoms with Crippen LogP contribution in [0.5, 0.6) is 0 Å². The lowest BCUT2D eigenvalue weighted by Crippen LogP contribution is -2.40. The number of pyridine rings is 1. The van der Waals surface area contributed by atoms with Crippen LogP contribution in [0, 0.1) is 10.1 Å². The number of carboxylic acids is 1. The molecule has 1 heterocycles. The molecule has 0 spiro atoms. The maximum absolute atomic E-state index is 11.6. The highest BCUT2D eigenvalue weighted by atomic mass is 16.6. The van der Waals surface area contributed by atoms with Crippen LogP contribution in [0.2, 0.25) is 0 Å². The molecule has 1 aromatic heterocycles. The largest absolute Gasteiger partial charge is 0.480 e. The first-order valence-electron chi connectivity index (χ1n) is 6.72. The summed E-state index contributed by atoms with van der Waals surface area (Å²) in [6.07, 6.45) is 1.68. The van der Waals surface area contributed by atoms with Crippen LogP contribution in [0.15, 0.2) is 23.1 Å². The molecule has 1 atom stereocenters. The highest BCUT2D eigenvalue weighted by Crippen LogP contribution is 2.07. The van der Waals surface area contributed by atoms with Gasteiger partial charge in [0.2, 0.25) is 5.91 Å². The van der Waals surface area contributed by atoms with Crippen molar-refractivity contribution in [2.45, 2.75) is 38.8 Å². The molecule has 1 rings (SSSR count). The van der Waals surface area contributed by atoms with Crippen molar-refractivity contribution in [3.8, 4) is 0 Å². The van der Waals surface area contributed by atoms with Gasteiger partial charge in [0.15, 0.2) is 0 Å². The molecule has 0 radical (unpaired) electrons. The Balaban J connectivity index is 2.55. The van der Waals surface area contributed by atoms with Gasteiger partial charge < -0.3 is 15.0 Å². The molecule has 1 amide bonds. The van der Waals surface area contributed by atoms with Crippen LogP contribution in [0.1, 0.15) is 26.2 Å². The van der Waals surface area contributed by atoms with Crippen LogP contribution in [-0.4, -0.2) is 32.5 Å². The van der Waals surface area contributed by atoms with E-state index >= 15 is 0 Å². The average Bonchev–Trinajstić information content (AvgIpc) is 2.46. The van der Waals surface area contributed by atoms with Gasteiger partial charge in [0.05, 0.1) is 11.1 Å². The number of rotatable bonds is 8. The van der Waals surface area contributed by atoms with E-state index < -0.39 is 28.4 Å². The van der Waals surface area contributed by atoms with Gasteiger partial charge >= 0.3 is 5.97 Å². The molecule has 0 fully saturated rings. The summed E-state index contributed by atoms with van der Waals surface area (Å²) in [5.74, 6) is -1.54. The maximum Gasteiger partial charge on any atom is 0.326 e. The highest BCUT2D eigenvalue weighted by molar-refractivity contribution is 5.83. The zero-order chi connectivity index (χ0) is 16.7. The van der Waals surface area contributed by atoms with Gasteiger partial charge in [-0.2, -0.15) is 0 Å². The summed E-state index contributed by atoms with van der Waals surface area (Å²) in [5.41, 5.74) is -0.607. The zero-order valence-electron chi connectivity index (χ0n) is 12.0. The number of nitro groups is 1. The molecule has 9 nitrogen and oxygen atoms in total. The summed E-state index contributed by atoms with van der Waals surface area (Å²) in [7, 11) is 0. The average molecular weight is 311 g/mol. The van der Waals surface area contributed by atoms with Crippen LogP contribution < -0.4 is 10.9 Å². The van der Waals surface area contributed by atoms with Crippen LogP contribution in [0.3, 0.4) is 0 Å². The molecule has 0 aromatic carbocycles. The van der Waals surface area contributed by atoms with Gasteiger partial charge in [-0.15, -0.1) is 0 Å². The summed E-state index contributed by atoms with van der Waals surface area (Å²) in [4.78, 5) is 44.0. The number of carbonyl (C=O) groups excluding carboxylic acids is 1. The number of carbonyl (C=O) groups is 2. The number of hydrogen-bond donors (Lipinski definition) is 2. The molecule has 2 N–H and O–H groups in total. The minimum atomic E-state index is -1.11. The fourth-order valence-electron chi connectivity index (χ4n) is 1.82. The molecule has 0 saturated heterocycles.